The zero-order valence-electron chi connectivity index (χ0n) is 10.2. The minimum atomic E-state index is -2.92. The standard InChI is InChI=1S/C12H11ClN2O4S/c13-9-3-7(11-4-12(14)15-19-11)1-2-10(9)18-8-5-20(16,17)6-8/h1-4,8H,5-6H2,(H2,14,15). The summed E-state index contributed by atoms with van der Waals surface area (Å²) in [4.78, 5) is 0. The van der Waals surface area contributed by atoms with E-state index in [1.165, 1.54) is 0 Å². The Balaban J connectivity index is 1.78. The molecule has 0 amide bonds. The van der Waals surface area contributed by atoms with Gasteiger partial charge in [0.15, 0.2) is 21.4 Å². The van der Waals surface area contributed by atoms with Crippen molar-refractivity contribution in [2.24, 2.45) is 0 Å². The maximum Gasteiger partial charge on any atom is 0.169 e. The van der Waals surface area contributed by atoms with Crippen molar-refractivity contribution in [2.75, 3.05) is 17.2 Å². The highest BCUT2D eigenvalue weighted by molar-refractivity contribution is 7.92. The number of sulfone groups is 1. The first-order valence-corrected chi connectivity index (χ1v) is 8.02. The molecule has 0 unspecified atom stereocenters. The number of halogens is 1. The van der Waals surface area contributed by atoms with Crippen molar-refractivity contribution in [1.29, 1.82) is 0 Å². The van der Waals surface area contributed by atoms with E-state index in [0.29, 0.717) is 22.1 Å². The highest BCUT2D eigenvalue weighted by Gasteiger charge is 2.35. The smallest absolute Gasteiger partial charge is 0.169 e. The molecule has 0 radical (unpaired) electrons. The number of anilines is 1. The van der Waals surface area contributed by atoms with E-state index in [9.17, 15) is 8.42 Å². The summed E-state index contributed by atoms with van der Waals surface area (Å²) in [5.74, 6) is 1.30. The predicted molar refractivity (Wildman–Crippen MR) is 74.4 cm³/mol. The fraction of sp³-hybridized carbons (Fsp3) is 0.250. The number of hydrogen-bond donors (Lipinski definition) is 1. The van der Waals surface area contributed by atoms with Gasteiger partial charge >= 0.3 is 0 Å². The van der Waals surface area contributed by atoms with E-state index in [0.717, 1.165) is 0 Å². The second kappa shape index (κ2) is 4.68. The molecule has 0 saturated carbocycles. The van der Waals surface area contributed by atoms with E-state index in [2.05, 4.69) is 5.16 Å². The molecule has 2 heterocycles. The predicted octanol–water partition coefficient (Wildman–Crippen LogP) is 1.75. The summed E-state index contributed by atoms with van der Waals surface area (Å²) in [6, 6.07) is 6.66. The van der Waals surface area contributed by atoms with E-state index in [1.54, 1.807) is 24.3 Å². The molecule has 1 aromatic heterocycles. The van der Waals surface area contributed by atoms with Gasteiger partial charge in [-0.1, -0.05) is 16.8 Å². The van der Waals surface area contributed by atoms with Gasteiger partial charge in [-0.15, -0.1) is 0 Å². The third-order valence-corrected chi connectivity index (χ3v) is 4.97. The summed E-state index contributed by atoms with van der Waals surface area (Å²) >= 11 is 6.11. The van der Waals surface area contributed by atoms with Gasteiger partial charge in [0.2, 0.25) is 0 Å². The lowest BCUT2D eigenvalue weighted by Gasteiger charge is -2.26. The molecule has 1 fully saturated rings. The lowest BCUT2D eigenvalue weighted by molar-refractivity contribution is 0.230. The van der Waals surface area contributed by atoms with E-state index in [1.807, 2.05) is 0 Å². The molecule has 106 valence electrons. The van der Waals surface area contributed by atoms with Gasteiger partial charge in [0, 0.05) is 11.6 Å². The van der Waals surface area contributed by atoms with Crippen LogP contribution >= 0.6 is 11.6 Å². The highest BCUT2D eigenvalue weighted by atomic mass is 35.5. The molecular weight excluding hydrogens is 304 g/mol. The molecule has 0 bridgehead atoms. The third-order valence-electron chi connectivity index (χ3n) is 2.92. The summed E-state index contributed by atoms with van der Waals surface area (Å²) < 4.78 is 32.7. The quantitative estimate of drug-likeness (QED) is 0.927. The largest absolute Gasteiger partial charge is 0.487 e. The normalized spacial score (nSPS) is 17.6. The first-order chi connectivity index (χ1) is 9.43. The maximum absolute atomic E-state index is 11.1. The van der Waals surface area contributed by atoms with Crippen molar-refractivity contribution >= 4 is 27.3 Å². The van der Waals surface area contributed by atoms with Crippen LogP contribution in [0.1, 0.15) is 0 Å². The van der Waals surface area contributed by atoms with Gasteiger partial charge in [-0.2, -0.15) is 0 Å². The molecular formula is C12H11ClN2O4S. The molecule has 0 aliphatic carbocycles. The Morgan fingerprint density at radius 3 is 2.65 bits per heavy atom. The Labute approximate surface area is 120 Å². The Hall–Kier alpha value is -1.73. The van der Waals surface area contributed by atoms with Crippen LogP contribution in [0, 0.1) is 0 Å². The molecule has 8 heteroatoms. The molecule has 0 spiro atoms. The Morgan fingerprint density at radius 2 is 2.10 bits per heavy atom. The molecule has 3 rings (SSSR count). The number of hydrogen-bond acceptors (Lipinski definition) is 6. The molecule has 1 aromatic carbocycles. The minimum absolute atomic E-state index is 0.0315. The number of nitrogen functional groups attached to an aromatic ring is 1. The van der Waals surface area contributed by atoms with Crippen LogP contribution in [-0.2, 0) is 9.84 Å². The Kier molecular flexibility index (Phi) is 3.10. The van der Waals surface area contributed by atoms with Crippen LogP contribution in [-0.4, -0.2) is 31.2 Å². The zero-order valence-corrected chi connectivity index (χ0v) is 11.8. The van der Waals surface area contributed by atoms with Gasteiger partial charge in [0.1, 0.15) is 11.9 Å². The lowest BCUT2D eigenvalue weighted by atomic mass is 10.1. The number of nitrogens with zero attached hydrogens (tertiary/aromatic N) is 1. The van der Waals surface area contributed by atoms with Crippen molar-refractivity contribution in [3.63, 3.8) is 0 Å². The molecule has 6 nitrogen and oxygen atoms in total. The van der Waals surface area contributed by atoms with Crippen LogP contribution in [0.2, 0.25) is 5.02 Å². The zero-order chi connectivity index (χ0) is 14.3. The van der Waals surface area contributed by atoms with Gasteiger partial charge in [-0.3, -0.25) is 0 Å². The molecule has 1 aliphatic rings. The summed E-state index contributed by atoms with van der Waals surface area (Å²) in [6.45, 7) is 0. The van der Waals surface area contributed by atoms with Crippen molar-refractivity contribution in [2.45, 2.75) is 6.10 Å². The summed E-state index contributed by atoms with van der Waals surface area (Å²) in [7, 11) is -2.92. The summed E-state index contributed by atoms with van der Waals surface area (Å²) in [6.07, 6.45) is -0.329. The Morgan fingerprint density at radius 1 is 1.35 bits per heavy atom. The molecule has 0 atom stereocenters. The van der Waals surface area contributed by atoms with E-state index in [4.69, 9.17) is 26.6 Å². The van der Waals surface area contributed by atoms with Gasteiger partial charge in [0.05, 0.1) is 16.5 Å². The number of rotatable bonds is 3. The third kappa shape index (κ3) is 2.59. The summed E-state index contributed by atoms with van der Waals surface area (Å²) in [5.41, 5.74) is 6.20. The topological polar surface area (TPSA) is 95.4 Å². The van der Waals surface area contributed by atoms with Crippen molar-refractivity contribution in [3.05, 3.63) is 29.3 Å². The number of ether oxygens (including phenoxy) is 1. The average molecular weight is 315 g/mol. The van der Waals surface area contributed by atoms with Crippen LogP contribution in [0.4, 0.5) is 5.82 Å². The van der Waals surface area contributed by atoms with E-state index < -0.39 is 9.84 Å². The molecule has 2 aromatic rings. The van der Waals surface area contributed by atoms with Gasteiger partial charge in [0.25, 0.3) is 0 Å². The maximum atomic E-state index is 11.1. The van der Waals surface area contributed by atoms with E-state index in [-0.39, 0.29) is 23.4 Å². The lowest BCUT2D eigenvalue weighted by Crippen LogP contribution is -2.45. The van der Waals surface area contributed by atoms with Crippen LogP contribution in [0.15, 0.2) is 28.8 Å². The molecule has 1 aliphatic heterocycles. The monoisotopic (exact) mass is 314 g/mol. The van der Waals surface area contributed by atoms with Crippen LogP contribution in [0.5, 0.6) is 5.75 Å². The highest BCUT2D eigenvalue weighted by Crippen LogP contribution is 2.32. The summed E-state index contributed by atoms with van der Waals surface area (Å²) in [5, 5.41) is 3.97. The van der Waals surface area contributed by atoms with E-state index >= 15 is 0 Å². The number of aromatic nitrogens is 1. The SMILES string of the molecule is Nc1cc(-c2ccc(OC3CS(=O)(=O)C3)c(Cl)c2)on1. The van der Waals surface area contributed by atoms with Gasteiger partial charge in [-0.25, -0.2) is 8.42 Å². The second-order valence-corrected chi connectivity index (χ2v) is 7.14. The fourth-order valence-corrected chi connectivity index (χ4v) is 3.34. The first-order valence-electron chi connectivity index (χ1n) is 5.82. The number of nitrogens with two attached hydrogens (primary N) is 1. The first kappa shape index (κ1) is 13.3. The second-order valence-electron chi connectivity index (χ2n) is 4.58. The molecule has 1 saturated heterocycles. The minimum Gasteiger partial charge on any atom is -0.487 e. The van der Waals surface area contributed by atoms with Gasteiger partial charge < -0.3 is 15.0 Å². The fourth-order valence-electron chi connectivity index (χ4n) is 1.94. The Bertz CT molecular complexity index is 745. The number of benzene rings is 1. The van der Waals surface area contributed by atoms with Crippen LogP contribution in [0.3, 0.4) is 0 Å². The van der Waals surface area contributed by atoms with Gasteiger partial charge in [-0.05, 0) is 18.2 Å². The van der Waals surface area contributed by atoms with Crippen molar-refractivity contribution in [3.8, 4) is 17.1 Å². The van der Waals surface area contributed by atoms with Crippen LogP contribution in [0.25, 0.3) is 11.3 Å². The van der Waals surface area contributed by atoms with Crippen LogP contribution < -0.4 is 10.5 Å². The van der Waals surface area contributed by atoms with Crippen molar-refractivity contribution in [1.82, 2.24) is 5.16 Å². The molecule has 2 N–H and O–H groups in total. The average Bonchev–Trinajstić information content (AvgIpc) is 2.76. The molecule has 20 heavy (non-hydrogen) atoms. The van der Waals surface area contributed by atoms with Crippen molar-refractivity contribution < 1.29 is 17.7 Å².